The highest BCUT2D eigenvalue weighted by atomic mass is 32.1. The number of hydrogen-bond acceptors (Lipinski definition) is 4. The van der Waals surface area contributed by atoms with Crippen molar-refractivity contribution in [2.24, 2.45) is 0 Å². The summed E-state index contributed by atoms with van der Waals surface area (Å²) in [7, 11) is 0. The second-order valence-electron chi connectivity index (χ2n) is 4.53. The molecule has 0 aliphatic carbocycles. The van der Waals surface area contributed by atoms with Gasteiger partial charge in [0.2, 0.25) is 5.91 Å². The van der Waals surface area contributed by atoms with E-state index in [1.807, 2.05) is 32.3 Å². The summed E-state index contributed by atoms with van der Waals surface area (Å²) in [5.74, 6) is 0.0220. The van der Waals surface area contributed by atoms with Gasteiger partial charge in [0.15, 0.2) is 4.96 Å². The van der Waals surface area contributed by atoms with Gasteiger partial charge in [-0.3, -0.25) is 9.20 Å². The number of nitrogens with zero attached hydrogens (tertiary/aromatic N) is 2. The summed E-state index contributed by atoms with van der Waals surface area (Å²) >= 11 is 1.62. The number of rotatable bonds is 5. The maximum atomic E-state index is 11.5. The van der Waals surface area contributed by atoms with Gasteiger partial charge >= 0.3 is 0 Å². The number of aryl methyl sites for hydroxylation is 1. The Labute approximate surface area is 110 Å². The molecular weight excluding hydrogens is 248 g/mol. The zero-order chi connectivity index (χ0) is 13.1. The van der Waals surface area contributed by atoms with E-state index in [1.54, 1.807) is 11.3 Å². The van der Waals surface area contributed by atoms with Gasteiger partial charge < -0.3 is 10.6 Å². The normalized spacial score (nSPS) is 11.3. The van der Waals surface area contributed by atoms with Crippen LogP contribution in [-0.4, -0.2) is 27.9 Å². The van der Waals surface area contributed by atoms with Crippen LogP contribution in [0.2, 0.25) is 0 Å². The highest BCUT2D eigenvalue weighted by Gasteiger charge is 2.09. The first-order valence-electron chi connectivity index (χ1n) is 5.99. The minimum atomic E-state index is 0.0220. The molecule has 0 aromatic carbocycles. The molecule has 0 aliphatic heterocycles. The zero-order valence-electron chi connectivity index (χ0n) is 10.9. The number of imidazole rings is 1. The molecule has 0 atom stereocenters. The molecule has 0 spiro atoms. The maximum absolute atomic E-state index is 11.5. The number of hydrogen-bond donors (Lipinski definition) is 2. The fourth-order valence-electron chi connectivity index (χ4n) is 1.82. The Hall–Kier alpha value is -1.40. The Bertz CT molecular complexity index is 543. The van der Waals surface area contributed by atoms with Gasteiger partial charge in [0, 0.05) is 24.2 Å². The van der Waals surface area contributed by atoms with E-state index >= 15 is 0 Å². The first-order chi connectivity index (χ1) is 8.58. The Morgan fingerprint density at radius 3 is 3.06 bits per heavy atom. The molecule has 1 amide bonds. The topological polar surface area (TPSA) is 58.4 Å². The highest BCUT2D eigenvalue weighted by Crippen LogP contribution is 2.16. The van der Waals surface area contributed by atoms with E-state index in [0.717, 1.165) is 16.3 Å². The Kier molecular flexibility index (Phi) is 3.98. The molecule has 18 heavy (non-hydrogen) atoms. The van der Waals surface area contributed by atoms with Crippen molar-refractivity contribution in [3.63, 3.8) is 0 Å². The lowest BCUT2D eigenvalue weighted by atomic mass is 10.3. The van der Waals surface area contributed by atoms with Crippen molar-refractivity contribution >= 4 is 22.2 Å². The van der Waals surface area contributed by atoms with Crippen LogP contribution >= 0.6 is 11.3 Å². The zero-order valence-corrected chi connectivity index (χ0v) is 11.7. The van der Waals surface area contributed by atoms with Crippen molar-refractivity contribution in [2.75, 3.05) is 6.54 Å². The van der Waals surface area contributed by atoms with Crippen molar-refractivity contribution in [2.45, 2.75) is 33.4 Å². The van der Waals surface area contributed by atoms with Crippen molar-refractivity contribution in [1.82, 2.24) is 20.0 Å². The summed E-state index contributed by atoms with van der Waals surface area (Å²) in [6.07, 6.45) is 2.01. The lowest BCUT2D eigenvalue weighted by Crippen LogP contribution is -2.37. The lowest BCUT2D eigenvalue weighted by Gasteiger charge is -2.09. The first kappa shape index (κ1) is 13.0. The molecule has 2 aromatic rings. The van der Waals surface area contributed by atoms with E-state index in [2.05, 4.69) is 20.0 Å². The van der Waals surface area contributed by atoms with Gasteiger partial charge in [0.05, 0.1) is 17.9 Å². The molecule has 0 unspecified atom stereocenters. The maximum Gasteiger partial charge on any atom is 0.234 e. The number of fused-ring (bicyclic) bond motifs is 1. The molecule has 2 rings (SSSR count). The molecule has 2 aromatic heterocycles. The molecule has 6 heteroatoms. The highest BCUT2D eigenvalue weighted by molar-refractivity contribution is 7.15. The largest absolute Gasteiger partial charge is 0.353 e. The summed E-state index contributed by atoms with van der Waals surface area (Å²) in [6.45, 7) is 6.87. The van der Waals surface area contributed by atoms with E-state index in [9.17, 15) is 4.79 Å². The van der Waals surface area contributed by atoms with Crippen molar-refractivity contribution < 1.29 is 4.79 Å². The molecule has 2 heterocycles. The van der Waals surface area contributed by atoms with Crippen molar-refractivity contribution in [3.05, 3.63) is 23.0 Å². The summed E-state index contributed by atoms with van der Waals surface area (Å²) < 4.78 is 2.06. The first-order valence-corrected chi connectivity index (χ1v) is 6.87. The van der Waals surface area contributed by atoms with E-state index in [1.165, 1.54) is 0 Å². The Morgan fingerprint density at radius 1 is 1.56 bits per heavy atom. The van der Waals surface area contributed by atoms with Crippen LogP contribution in [0.5, 0.6) is 0 Å². The molecule has 2 N–H and O–H groups in total. The molecule has 98 valence electrons. The number of amides is 1. The summed E-state index contributed by atoms with van der Waals surface area (Å²) in [6, 6.07) is 0.180. The molecule has 0 bridgehead atoms. The van der Waals surface area contributed by atoms with Crippen LogP contribution in [0.4, 0.5) is 0 Å². The molecule has 0 radical (unpaired) electrons. The van der Waals surface area contributed by atoms with Crippen LogP contribution in [0.3, 0.4) is 0 Å². The number of carbonyl (C=O) groups is 1. The minimum Gasteiger partial charge on any atom is -0.353 e. The van der Waals surface area contributed by atoms with Gasteiger partial charge in [0.25, 0.3) is 0 Å². The smallest absolute Gasteiger partial charge is 0.234 e. The summed E-state index contributed by atoms with van der Waals surface area (Å²) in [4.78, 5) is 16.9. The predicted molar refractivity (Wildman–Crippen MR) is 72.8 cm³/mol. The van der Waals surface area contributed by atoms with Crippen molar-refractivity contribution in [1.29, 1.82) is 0 Å². The predicted octanol–water partition coefficient (Wildman–Crippen LogP) is 1.32. The average molecular weight is 266 g/mol. The SMILES string of the molecule is Cc1nc2sccn2c1CNCC(=O)NC(C)C. The van der Waals surface area contributed by atoms with Gasteiger partial charge in [-0.2, -0.15) is 0 Å². The van der Waals surface area contributed by atoms with Gasteiger partial charge in [-0.1, -0.05) is 0 Å². The van der Waals surface area contributed by atoms with E-state index in [0.29, 0.717) is 13.1 Å². The second-order valence-corrected chi connectivity index (χ2v) is 5.40. The number of nitrogens with one attached hydrogen (secondary N) is 2. The lowest BCUT2D eigenvalue weighted by molar-refractivity contribution is -0.120. The monoisotopic (exact) mass is 266 g/mol. The van der Waals surface area contributed by atoms with Crippen LogP contribution in [-0.2, 0) is 11.3 Å². The fourth-order valence-corrected chi connectivity index (χ4v) is 2.60. The van der Waals surface area contributed by atoms with Crippen molar-refractivity contribution in [3.8, 4) is 0 Å². The second kappa shape index (κ2) is 5.49. The van der Waals surface area contributed by atoms with Crippen LogP contribution in [0.25, 0.3) is 4.96 Å². The molecule has 0 fully saturated rings. The molecule has 0 aliphatic rings. The fraction of sp³-hybridized carbons (Fsp3) is 0.500. The average Bonchev–Trinajstić information content (AvgIpc) is 2.80. The number of aromatic nitrogens is 2. The molecule has 0 saturated carbocycles. The van der Waals surface area contributed by atoms with Gasteiger partial charge in [-0.15, -0.1) is 11.3 Å². The Morgan fingerprint density at radius 2 is 2.33 bits per heavy atom. The summed E-state index contributed by atoms with van der Waals surface area (Å²) in [5, 5.41) is 8.01. The van der Waals surface area contributed by atoms with E-state index < -0.39 is 0 Å². The molecule has 5 nitrogen and oxygen atoms in total. The minimum absolute atomic E-state index is 0.0220. The third kappa shape index (κ3) is 2.88. The van der Waals surface area contributed by atoms with Crippen LogP contribution < -0.4 is 10.6 Å². The van der Waals surface area contributed by atoms with E-state index in [-0.39, 0.29) is 11.9 Å². The van der Waals surface area contributed by atoms with Gasteiger partial charge in [0.1, 0.15) is 0 Å². The van der Waals surface area contributed by atoms with Crippen LogP contribution in [0.1, 0.15) is 25.2 Å². The van der Waals surface area contributed by atoms with Crippen LogP contribution in [0.15, 0.2) is 11.6 Å². The van der Waals surface area contributed by atoms with Gasteiger partial charge in [-0.25, -0.2) is 4.98 Å². The standard InChI is InChI=1S/C12H18N4OS/c1-8(2)14-11(17)7-13-6-10-9(3)15-12-16(10)4-5-18-12/h4-5,8,13H,6-7H2,1-3H3,(H,14,17). The third-order valence-corrected chi connectivity index (χ3v) is 3.35. The molecular formula is C12H18N4OS. The third-order valence-electron chi connectivity index (χ3n) is 2.59. The number of thiazole rings is 1. The quantitative estimate of drug-likeness (QED) is 0.858. The van der Waals surface area contributed by atoms with Crippen LogP contribution in [0, 0.1) is 6.92 Å². The Balaban J connectivity index is 1.92. The number of carbonyl (C=O) groups excluding carboxylic acids is 1. The summed E-state index contributed by atoms with van der Waals surface area (Å²) in [5.41, 5.74) is 2.13. The van der Waals surface area contributed by atoms with Gasteiger partial charge in [-0.05, 0) is 20.8 Å². The molecule has 0 saturated heterocycles. The van der Waals surface area contributed by atoms with E-state index in [4.69, 9.17) is 0 Å².